The largest absolute Gasteiger partial charge is 0.337 e. The summed E-state index contributed by atoms with van der Waals surface area (Å²) in [6.45, 7) is 0. The maximum Gasteiger partial charge on any atom is 0.192 e. The Morgan fingerprint density at radius 1 is 1.00 bits per heavy atom. The van der Waals surface area contributed by atoms with Crippen molar-refractivity contribution in [1.29, 1.82) is 0 Å². The molecule has 0 spiro atoms. The lowest BCUT2D eigenvalue weighted by molar-refractivity contribution is 0.598. The molecule has 2 N–H and O–H groups in total. The summed E-state index contributed by atoms with van der Waals surface area (Å²) in [6.07, 6.45) is 3.93. The van der Waals surface area contributed by atoms with Gasteiger partial charge in [0, 0.05) is 6.26 Å². The molecule has 0 bridgehead atoms. The number of nitrogens with zero attached hydrogens (tertiary/aromatic N) is 4. The van der Waals surface area contributed by atoms with Crippen LogP contribution in [-0.4, -0.2) is 34.6 Å². The average molecular weight is 467 g/mol. The summed E-state index contributed by atoms with van der Waals surface area (Å²) in [7, 11) is -3.37. The second-order valence-electron chi connectivity index (χ2n) is 5.90. The number of anilines is 4. The van der Waals surface area contributed by atoms with Crippen molar-refractivity contribution in [3.05, 3.63) is 52.9 Å². The van der Waals surface area contributed by atoms with E-state index in [1.165, 1.54) is 29.9 Å². The first-order chi connectivity index (χ1) is 13.8. The molecular formula is C17H12Cl2N6O2S2. The van der Waals surface area contributed by atoms with E-state index in [0.717, 1.165) is 6.26 Å². The number of hydrogen-bond acceptors (Lipinski definition) is 9. The number of nitrogens with one attached hydrogen (secondary N) is 2. The zero-order chi connectivity index (χ0) is 20.6. The van der Waals surface area contributed by atoms with Crippen LogP contribution in [0.25, 0.3) is 10.3 Å². The van der Waals surface area contributed by atoms with Crippen molar-refractivity contribution in [3.8, 4) is 0 Å². The normalized spacial score (nSPS) is 11.6. The Morgan fingerprint density at radius 3 is 2.41 bits per heavy atom. The number of thiazole rings is 1. The number of fused-ring (bicyclic) bond motifs is 1. The predicted molar refractivity (Wildman–Crippen MR) is 116 cm³/mol. The van der Waals surface area contributed by atoms with Crippen molar-refractivity contribution in [2.45, 2.75) is 5.03 Å². The molecule has 8 nitrogen and oxygen atoms in total. The second-order valence-corrected chi connectivity index (χ2v) is 9.65. The molecule has 3 heterocycles. The highest BCUT2D eigenvalue weighted by Crippen LogP contribution is 2.36. The van der Waals surface area contributed by atoms with Crippen LogP contribution in [0.3, 0.4) is 0 Å². The molecule has 3 aromatic heterocycles. The van der Waals surface area contributed by atoms with Gasteiger partial charge in [0.25, 0.3) is 0 Å². The van der Waals surface area contributed by atoms with Crippen molar-refractivity contribution in [3.63, 3.8) is 0 Å². The Hall–Kier alpha value is -2.53. The van der Waals surface area contributed by atoms with Crippen LogP contribution in [0.2, 0.25) is 10.0 Å². The SMILES string of the molecule is CS(=O)(=O)c1ccc(Nc2ncnc3sc(Nc4c(Cl)cccc4Cl)nc23)cn1. The lowest BCUT2D eigenvalue weighted by atomic mass is 10.3. The van der Waals surface area contributed by atoms with Crippen LogP contribution in [-0.2, 0) is 9.84 Å². The van der Waals surface area contributed by atoms with Crippen molar-refractivity contribution in [2.24, 2.45) is 0 Å². The molecule has 4 aromatic rings. The summed E-state index contributed by atoms with van der Waals surface area (Å²) >= 11 is 13.7. The van der Waals surface area contributed by atoms with Crippen LogP contribution in [0.4, 0.5) is 22.3 Å². The molecule has 0 unspecified atom stereocenters. The van der Waals surface area contributed by atoms with Gasteiger partial charge >= 0.3 is 0 Å². The highest BCUT2D eigenvalue weighted by molar-refractivity contribution is 7.90. The Kier molecular flexibility index (Phi) is 5.26. The van der Waals surface area contributed by atoms with Crippen molar-refractivity contribution < 1.29 is 8.42 Å². The predicted octanol–water partition coefficient (Wildman–Crippen LogP) is 4.68. The third kappa shape index (κ3) is 4.25. The third-order valence-corrected chi connectivity index (χ3v) is 6.28. The highest BCUT2D eigenvalue weighted by Gasteiger charge is 2.14. The molecule has 0 atom stereocenters. The molecule has 0 saturated carbocycles. The van der Waals surface area contributed by atoms with Gasteiger partial charge in [0.05, 0.1) is 27.6 Å². The van der Waals surface area contributed by atoms with E-state index in [4.69, 9.17) is 23.2 Å². The van der Waals surface area contributed by atoms with Gasteiger partial charge in [-0.25, -0.2) is 28.4 Å². The van der Waals surface area contributed by atoms with Gasteiger partial charge in [-0.05, 0) is 24.3 Å². The van der Waals surface area contributed by atoms with Crippen LogP contribution >= 0.6 is 34.5 Å². The Labute approximate surface area is 179 Å². The van der Waals surface area contributed by atoms with Gasteiger partial charge in [0.2, 0.25) is 0 Å². The molecule has 0 saturated heterocycles. The lowest BCUT2D eigenvalue weighted by Gasteiger charge is -2.07. The molecule has 0 aliphatic rings. The highest BCUT2D eigenvalue weighted by atomic mass is 35.5. The molecule has 148 valence electrons. The zero-order valence-electron chi connectivity index (χ0n) is 14.7. The summed E-state index contributed by atoms with van der Waals surface area (Å²) in [6, 6.07) is 8.23. The van der Waals surface area contributed by atoms with Gasteiger partial charge in [0.15, 0.2) is 30.6 Å². The molecule has 0 aliphatic carbocycles. The van der Waals surface area contributed by atoms with Gasteiger partial charge in [-0.3, -0.25) is 0 Å². The fourth-order valence-electron chi connectivity index (χ4n) is 2.43. The summed E-state index contributed by atoms with van der Waals surface area (Å²) in [5, 5.41) is 7.68. The molecule has 4 rings (SSSR count). The monoisotopic (exact) mass is 466 g/mol. The molecule has 0 fully saturated rings. The molecule has 1 aromatic carbocycles. The van der Waals surface area contributed by atoms with Gasteiger partial charge in [-0.1, -0.05) is 40.6 Å². The minimum Gasteiger partial charge on any atom is -0.337 e. The molecule has 29 heavy (non-hydrogen) atoms. The summed E-state index contributed by atoms with van der Waals surface area (Å²) in [4.78, 5) is 17.6. The third-order valence-electron chi connectivity index (χ3n) is 3.77. The van der Waals surface area contributed by atoms with E-state index >= 15 is 0 Å². The average Bonchev–Trinajstić information content (AvgIpc) is 3.08. The summed E-state index contributed by atoms with van der Waals surface area (Å²) in [5.74, 6) is 0.457. The van der Waals surface area contributed by atoms with Gasteiger partial charge < -0.3 is 10.6 Å². The first-order valence-corrected chi connectivity index (χ1v) is 11.5. The number of halogens is 2. The lowest BCUT2D eigenvalue weighted by Crippen LogP contribution is -2.01. The number of rotatable bonds is 5. The quantitative estimate of drug-likeness (QED) is 0.436. The van der Waals surface area contributed by atoms with Crippen LogP contribution in [0.1, 0.15) is 0 Å². The van der Waals surface area contributed by atoms with Crippen LogP contribution in [0.15, 0.2) is 47.9 Å². The molecular weight excluding hydrogens is 455 g/mol. The van der Waals surface area contributed by atoms with Gasteiger partial charge in [0.1, 0.15) is 11.8 Å². The summed E-state index contributed by atoms with van der Waals surface area (Å²) in [5.41, 5.74) is 1.65. The smallest absolute Gasteiger partial charge is 0.192 e. The topological polar surface area (TPSA) is 110 Å². The van der Waals surface area contributed by atoms with E-state index in [1.807, 2.05) is 0 Å². The number of para-hydroxylation sites is 1. The molecule has 0 radical (unpaired) electrons. The fourth-order valence-corrected chi connectivity index (χ4v) is 4.30. The molecule has 12 heteroatoms. The minimum atomic E-state index is -3.37. The van der Waals surface area contributed by atoms with Gasteiger partial charge in [-0.2, -0.15) is 0 Å². The van der Waals surface area contributed by atoms with Crippen molar-refractivity contribution in [2.75, 3.05) is 16.9 Å². The number of aromatic nitrogens is 4. The van der Waals surface area contributed by atoms with E-state index in [2.05, 4.69) is 30.6 Å². The standard InChI is InChI=1S/C17H12Cl2N6O2S2/c1-29(26,27)12-6-5-9(7-20-12)23-15-14-16(22-8-21-15)28-17(25-14)24-13-10(18)3-2-4-11(13)19/h2-8H,1H3,(H,24,25)(H,21,22,23). The molecule has 0 aliphatic heterocycles. The van der Waals surface area contributed by atoms with E-state index < -0.39 is 9.84 Å². The Balaban J connectivity index is 1.64. The van der Waals surface area contributed by atoms with E-state index in [1.54, 1.807) is 24.3 Å². The van der Waals surface area contributed by atoms with E-state index in [9.17, 15) is 8.42 Å². The Bertz CT molecular complexity index is 1290. The van der Waals surface area contributed by atoms with Crippen LogP contribution in [0, 0.1) is 0 Å². The second kappa shape index (κ2) is 7.71. The summed E-state index contributed by atoms with van der Waals surface area (Å²) < 4.78 is 23.1. The van der Waals surface area contributed by atoms with Crippen LogP contribution < -0.4 is 10.6 Å². The maximum absolute atomic E-state index is 11.5. The maximum atomic E-state index is 11.5. The van der Waals surface area contributed by atoms with E-state index in [0.29, 0.717) is 42.7 Å². The number of hydrogen-bond donors (Lipinski definition) is 2. The van der Waals surface area contributed by atoms with Crippen molar-refractivity contribution >= 4 is 77.0 Å². The first-order valence-electron chi connectivity index (χ1n) is 8.07. The van der Waals surface area contributed by atoms with Crippen LogP contribution in [0.5, 0.6) is 0 Å². The van der Waals surface area contributed by atoms with E-state index in [-0.39, 0.29) is 5.03 Å². The molecule has 0 amide bonds. The van der Waals surface area contributed by atoms with Crippen molar-refractivity contribution in [1.82, 2.24) is 19.9 Å². The van der Waals surface area contributed by atoms with Gasteiger partial charge in [-0.15, -0.1) is 0 Å². The number of benzene rings is 1. The first kappa shape index (κ1) is 19.8. The Morgan fingerprint density at radius 2 is 1.76 bits per heavy atom. The fraction of sp³-hybridized carbons (Fsp3) is 0.0588. The zero-order valence-corrected chi connectivity index (χ0v) is 17.9. The number of pyridine rings is 1. The number of sulfone groups is 1. The minimum absolute atomic E-state index is 0.00681.